The van der Waals surface area contributed by atoms with Gasteiger partial charge in [-0.25, -0.2) is 0 Å². The molecule has 0 saturated carbocycles. The highest BCUT2D eigenvalue weighted by Gasteiger charge is 2.34. The SMILES string of the molecule is O=C1CCCN1CCCN1C(=O)c2ccccc2C1=O. The summed E-state index contributed by atoms with van der Waals surface area (Å²) in [5.41, 5.74) is 0.962. The lowest BCUT2D eigenvalue weighted by atomic mass is 10.1. The van der Waals surface area contributed by atoms with Gasteiger partial charge in [-0.05, 0) is 25.0 Å². The van der Waals surface area contributed by atoms with Crippen molar-refractivity contribution in [1.29, 1.82) is 0 Å². The van der Waals surface area contributed by atoms with E-state index in [1.54, 1.807) is 29.2 Å². The van der Waals surface area contributed by atoms with Crippen LogP contribution in [0.25, 0.3) is 0 Å². The first kappa shape index (κ1) is 12.8. The molecule has 0 aromatic heterocycles. The number of benzene rings is 1. The Hall–Kier alpha value is -2.17. The molecule has 1 saturated heterocycles. The summed E-state index contributed by atoms with van der Waals surface area (Å²) < 4.78 is 0. The highest BCUT2D eigenvalue weighted by atomic mass is 16.2. The third kappa shape index (κ3) is 2.09. The van der Waals surface area contributed by atoms with E-state index in [4.69, 9.17) is 0 Å². The molecule has 2 aliphatic rings. The van der Waals surface area contributed by atoms with E-state index in [-0.39, 0.29) is 17.7 Å². The second-order valence-corrected chi connectivity index (χ2v) is 5.15. The minimum Gasteiger partial charge on any atom is -0.343 e. The molecule has 104 valence electrons. The van der Waals surface area contributed by atoms with Crippen molar-refractivity contribution in [2.45, 2.75) is 19.3 Å². The maximum Gasteiger partial charge on any atom is 0.261 e. The van der Waals surface area contributed by atoms with Gasteiger partial charge in [0.2, 0.25) is 5.91 Å². The summed E-state index contributed by atoms with van der Waals surface area (Å²) in [5.74, 6) is -0.274. The Bertz CT molecular complexity index is 547. The molecule has 1 aromatic carbocycles. The third-order valence-electron chi connectivity index (χ3n) is 3.86. The van der Waals surface area contributed by atoms with Gasteiger partial charge in [0.15, 0.2) is 0 Å². The van der Waals surface area contributed by atoms with Crippen LogP contribution in [0.5, 0.6) is 0 Å². The Morgan fingerprint density at radius 3 is 2.15 bits per heavy atom. The van der Waals surface area contributed by atoms with Gasteiger partial charge in [-0.1, -0.05) is 12.1 Å². The monoisotopic (exact) mass is 272 g/mol. The number of nitrogens with zero attached hydrogens (tertiary/aromatic N) is 2. The minimum absolute atomic E-state index is 0.173. The van der Waals surface area contributed by atoms with E-state index < -0.39 is 0 Å². The van der Waals surface area contributed by atoms with E-state index in [1.165, 1.54) is 4.90 Å². The van der Waals surface area contributed by atoms with Gasteiger partial charge in [0, 0.05) is 26.1 Å². The Balaban J connectivity index is 1.61. The predicted molar refractivity (Wildman–Crippen MR) is 72.2 cm³/mol. The van der Waals surface area contributed by atoms with Gasteiger partial charge in [-0.2, -0.15) is 0 Å². The fraction of sp³-hybridized carbons (Fsp3) is 0.400. The van der Waals surface area contributed by atoms with E-state index in [1.807, 2.05) is 0 Å². The molecule has 0 spiro atoms. The van der Waals surface area contributed by atoms with Gasteiger partial charge in [0.1, 0.15) is 0 Å². The van der Waals surface area contributed by atoms with Crippen molar-refractivity contribution >= 4 is 17.7 Å². The first-order valence-corrected chi connectivity index (χ1v) is 6.91. The normalized spacial score (nSPS) is 18.1. The van der Waals surface area contributed by atoms with E-state index >= 15 is 0 Å². The zero-order valence-corrected chi connectivity index (χ0v) is 11.2. The van der Waals surface area contributed by atoms with E-state index in [0.29, 0.717) is 37.1 Å². The quantitative estimate of drug-likeness (QED) is 0.776. The number of likely N-dealkylation sites (tertiary alicyclic amines) is 1. The highest BCUT2D eigenvalue weighted by Crippen LogP contribution is 2.22. The maximum absolute atomic E-state index is 12.1. The average Bonchev–Trinajstić information content (AvgIpc) is 2.97. The van der Waals surface area contributed by atoms with Crippen molar-refractivity contribution in [2.24, 2.45) is 0 Å². The third-order valence-corrected chi connectivity index (χ3v) is 3.86. The largest absolute Gasteiger partial charge is 0.343 e. The standard InChI is InChI=1S/C15H16N2O3/c18-13-7-3-8-16(13)9-4-10-17-14(19)11-5-1-2-6-12(11)15(17)20/h1-2,5-6H,3-4,7-10H2. The second kappa shape index (κ2) is 5.07. The lowest BCUT2D eigenvalue weighted by Gasteiger charge is -2.18. The van der Waals surface area contributed by atoms with Crippen molar-refractivity contribution < 1.29 is 14.4 Å². The molecule has 0 unspecified atom stereocenters. The molecule has 0 N–H and O–H groups in total. The van der Waals surface area contributed by atoms with Gasteiger partial charge in [0.25, 0.3) is 11.8 Å². The van der Waals surface area contributed by atoms with Crippen LogP contribution in [-0.2, 0) is 4.79 Å². The maximum atomic E-state index is 12.1. The summed E-state index contributed by atoms with van der Waals surface area (Å²) in [7, 11) is 0. The van der Waals surface area contributed by atoms with Gasteiger partial charge >= 0.3 is 0 Å². The minimum atomic E-state index is -0.224. The van der Waals surface area contributed by atoms with Crippen LogP contribution in [0.3, 0.4) is 0 Å². The number of amides is 3. The molecule has 1 aromatic rings. The lowest BCUT2D eigenvalue weighted by Crippen LogP contribution is -2.34. The zero-order valence-electron chi connectivity index (χ0n) is 11.2. The van der Waals surface area contributed by atoms with Gasteiger partial charge in [-0.15, -0.1) is 0 Å². The van der Waals surface area contributed by atoms with E-state index in [0.717, 1.165) is 13.0 Å². The van der Waals surface area contributed by atoms with Crippen LogP contribution in [0.1, 0.15) is 40.0 Å². The van der Waals surface area contributed by atoms with Crippen molar-refractivity contribution in [3.8, 4) is 0 Å². The summed E-state index contributed by atoms with van der Waals surface area (Å²) in [4.78, 5) is 38.8. The molecular weight excluding hydrogens is 256 g/mol. The number of hydrogen-bond donors (Lipinski definition) is 0. The van der Waals surface area contributed by atoms with Crippen LogP contribution in [-0.4, -0.2) is 47.2 Å². The Morgan fingerprint density at radius 2 is 1.60 bits per heavy atom. The number of carbonyl (C=O) groups excluding carboxylic acids is 3. The van der Waals surface area contributed by atoms with Crippen molar-refractivity contribution in [1.82, 2.24) is 9.80 Å². The van der Waals surface area contributed by atoms with Crippen LogP contribution >= 0.6 is 0 Å². The fourth-order valence-corrected chi connectivity index (χ4v) is 2.80. The van der Waals surface area contributed by atoms with E-state index in [2.05, 4.69) is 0 Å². The second-order valence-electron chi connectivity index (χ2n) is 5.15. The molecule has 0 bridgehead atoms. The molecule has 2 aliphatic heterocycles. The van der Waals surface area contributed by atoms with Crippen molar-refractivity contribution in [2.75, 3.05) is 19.6 Å². The molecule has 5 heteroatoms. The summed E-state index contributed by atoms with van der Waals surface area (Å²) in [5, 5.41) is 0. The summed E-state index contributed by atoms with van der Waals surface area (Å²) in [6, 6.07) is 6.88. The first-order chi connectivity index (χ1) is 9.68. The molecule has 5 nitrogen and oxygen atoms in total. The number of rotatable bonds is 4. The highest BCUT2D eigenvalue weighted by molar-refractivity contribution is 6.21. The Labute approximate surface area is 117 Å². The molecular formula is C15H16N2O3. The molecule has 0 atom stereocenters. The predicted octanol–water partition coefficient (Wildman–Crippen LogP) is 1.30. The van der Waals surface area contributed by atoms with Crippen molar-refractivity contribution in [3.63, 3.8) is 0 Å². The fourth-order valence-electron chi connectivity index (χ4n) is 2.80. The van der Waals surface area contributed by atoms with E-state index in [9.17, 15) is 14.4 Å². The van der Waals surface area contributed by atoms with Crippen LogP contribution in [0, 0.1) is 0 Å². The van der Waals surface area contributed by atoms with Gasteiger partial charge in [-0.3, -0.25) is 19.3 Å². The molecule has 20 heavy (non-hydrogen) atoms. The van der Waals surface area contributed by atoms with Crippen LogP contribution in [0.4, 0.5) is 0 Å². The average molecular weight is 272 g/mol. The number of imide groups is 1. The molecule has 1 fully saturated rings. The molecule has 3 rings (SSSR count). The molecule has 3 amide bonds. The number of fused-ring (bicyclic) bond motifs is 1. The summed E-state index contributed by atoms with van der Waals surface area (Å²) in [6.07, 6.45) is 2.16. The van der Waals surface area contributed by atoms with Crippen LogP contribution in [0.2, 0.25) is 0 Å². The first-order valence-electron chi connectivity index (χ1n) is 6.91. The molecule has 0 aliphatic carbocycles. The van der Waals surface area contributed by atoms with Gasteiger partial charge < -0.3 is 4.90 Å². The molecule has 0 radical (unpaired) electrons. The van der Waals surface area contributed by atoms with Gasteiger partial charge in [0.05, 0.1) is 11.1 Å². The Morgan fingerprint density at radius 1 is 0.950 bits per heavy atom. The topological polar surface area (TPSA) is 57.7 Å². The lowest BCUT2D eigenvalue weighted by molar-refractivity contribution is -0.127. The number of carbonyl (C=O) groups is 3. The smallest absolute Gasteiger partial charge is 0.261 e. The summed E-state index contributed by atoms with van der Waals surface area (Å²) in [6.45, 7) is 1.78. The van der Waals surface area contributed by atoms with Crippen LogP contribution in [0.15, 0.2) is 24.3 Å². The van der Waals surface area contributed by atoms with Crippen molar-refractivity contribution in [3.05, 3.63) is 35.4 Å². The zero-order chi connectivity index (χ0) is 14.1. The molecule has 2 heterocycles. The van der Waals surface area contributed by atoms with Crippen LogP contribution < -0.4 is 0 Å². The number of hydrogen-bond acceptors (Lipinski definition) is 3. The summed E-state index contributed by atoms with van der Waals surface area (Å²) >= 11 is 0. The Kier molecular flexibility index (Phi) is 3.26.